The molecule has 1 N–H and O–H groups in total. The number of ether oxygens (including phenoxy) is 1. The fraction of sp³-hybridized carbons (Fsp3) is 0.667. The average Bonchev–Trinajstić information content (AvgIpc) is 2.11. The zero-order chi connectivity index (χ0) is 9.56. The first-order valence-electron chi connectivity index (χ1n) is 4.09. The summed E-state index contributed by atoms with van der Waals surface area (Å²) < 4.78 is 4.89. The van der Waals surface area contributed by atoms with Crippen LogP contribution in [0.1, 0.15) is 20.8 Å². The van der Waals surface area contributed by atoms with Gasteiger partial charge in [0.2, 0.25) is 0 Å². The fourth-order valence-electron chi connectivity index (χ4n) is 0.689. The van der Waals surface area contributed by atoms with Crippen LogP contribution in [0.3, 0.4) is 0 Å². The van der Waals surface area contributed by atoms with E-state index in [4.69, 9.17) is 4.74 Å². The molecule has 0 bridgehead atoms. The van der Waals surface area contributed by atoms with E-state index in [2.05, 4.69) is 5.32 Å². The van der Waals surface area contributed by atoms with E-state index in [1.54, 1.807) is 7.05 Å². The Labute approximate surface area is 73.8 Å². The van der Waals surface area contributed by atoms with Crippen LogP contribution in [-0.2, 0) is 4.74 Å². The maximum absolute atomic E-state index is 10.7. The van der Waals surface area contributed by atoms with Crippen molar-refractivity contribution in [1.29, 1.82) is 0 Å². The highest BCUT2D eigenvalue weighted by Gasteiger charge is 2.06. The van der Waals surface area contributed by atoms with E-state index in [9.17, 15) is 4.79 Å². The fourth-order valence-corrected chi connectivity index (χ4v) is 0.689. The number of alkyl carbamates (subject to hydrolysis) is 1. The van der Waals surface area contributed by atoms with Crippen LogP contribution in [0.15, 0.2) is 11.6 Å². The van der Waals surface area contributed by atoms with Gasteiger partial charge in [0.25, 0.3) is 0 Å². The lowest BCUT2D eigenvalue weighted by atomic mass is 10.0. The summed E-state index contributed by atoms with van der Waals surface area (Å²) >= 11 is 0. The highest BCUT2D eigenvalue weighted by Crippen LogP contribution is 2.08. The van der Waals surface area contributed by atoms with Gasteiger partial charge in [0.15, 0.2) is 0 Å². The Kier molecular flexibility index (Phi) is 5.17. The minimum absolute atomic E-state index is 0.298. The largest absolute Gasteiger partial charge is 0.449 e. The van der Waals surface area contributed by atoms with Crippen LogP contribution in [0, 0.1) is 5.92 Å². The molecule has 0 aromatic rings. The molecule has 0 aliphatic carbocycles. The van der Waals surface area contributed by atoms with Crippen LogP contribution >= 0.6 is 0 Å². The molecule has 0 spiro atoms. The molecule has 0 rings (SSSR count). The molecule has 0 aliphatic heterocycles. The van der Waals surface area contributed by atoms with Crippen LogP contribution in [0.25, 0.3) is 0 Å². The lowest BCUT2D eigenvalue weighted by Gasteiger charge is -2.11. The van der Waals surface area contributed by atoms with Gasteiger partial charge in [0.05, 0.1) is 6.61 Å². The van der Waals surface area contributed by atoms with Crippen molar-refractivity contribution in [3.05, 3.63) is 11.6 Å². The van der Waals surface area contributed by atoms with Crippen molar-refractivity contribution >= 4 is 6.09 Å². The first-order valence-corrected chi connectivity index (χ1v) is 4.09. The normalized spacial score (nSPS) is 13.8. The summed E-state index contributed by atoms with van der Waals surface area (Å²) in [5, 5.41) is 2.40. The van der Waals surface area contributed by atoms with E-state index in [0.29, 0.717) is 12.5 Å². The van der Waals surface area contributed by atoms with Gasteiger partial charge in [-0.2, -0.15) is 0 Å². The lowest BCUT2D eigenvalue weighted by molar-refractivity contribution is 0.137. The smallest absolute Gasteiger partial charge is 0.406 e. The quantitative estimate of drug-likeness (QED) is 0.659. The molecule has 3 heteroatoms. The van der Waals surface area contributed by atoms with E-state index in [0.717, 1.165) is 0 Å². The molecule has 1 atom stereocenters. The molecule has 0 fully saturated rings. The van der Waals surface area contributed by atoms with Crippen LogP contribution in [0.2, 0.25) is 0 Å². The van der Waals surface area contributed by atoms with E-state index in [1.165, 1.54) is 5.57 Å². The number of hydrogen-bond donors (Lipinski definition) is 1. The van der Waals surface area contributed by atoms with Crippen LogP contribution in [-0.4, -0.2) is 19.7 Å². The molecule has 3 nitrogen and oxygen atoms in total. The predicted molar refractivity (Wildman–Crippen MR) is 49.0 cm³/mol. The number of allylic oxidation sites excluding steroid dienone is 1. The molecular weight excluding hydrogens is 154 g/mol. The summed E-state index contributed by atoms with van der Waals surface area (Å²) in [5.74, 6) is 0.298. The van der Waals surface area contributed by atoms with Gasteiger partial charge in [-0.1, -0.05) is 18.6 Å². The lowest BCUT2D eigenvalue weighted by Crippen LogP contribution is -2.22. The number of carbonyl (C=O) groups is 1. The third-order valence-electron chi connectivity index (χ3n) is 1.90. The van der Waals surface area contributed by atoms with Crippen molar-refractivity contribution in [3.63, 3.8) is 0 Å². The summed E-state index contributed by atoms with van der Waals surface area (Å²) in [4.78, 5) is 10.7. The SMILES string of the molecule is C/C=C(\C)C(C)COC(=O)NC. The Bertz CT molecular complexity index is 175. The van der Waals surface area contributed by atoms with Crippen LogP contribution < -0.4 is 5.32 Å². The van der Waals surface area contributed by atoms with Crippen LogP contribution in [0.5, 0.6) is 0 Å². The number of amides is 1. The summed E-state index contributed by atoms with van der Waals surface area (Å²) in [5.41, 5.74) is 1.24. The molecule has 0 aromatic carbocycles. The van der Waals surface area contributed by atoms with Crippen molar-refractivity contribution in [2.75, 3.05) is 13.7 Å². The van der Waals surface area contributed by atoms with Gasteiger partial charge in [0, 0.05) is 13.0 Å². The van der Waals surface area contributed by atoms with E-state index >= 15 is 0 Å². The molecule has 0 aliphatic rings. The molecule has 0 saturated carbocycles. The Morgan fingerprint density at radius 3 is 2.67 bits per heavy atom. The van der Waals surface area contributed by atoms with Gasteiger partial charge in [-0.3, -0.25) is 0 Å². The third-order valence-corrected chi connectivity index (χ3v) is 1.90. The second-order valence-corrected chi connectivity index (χ2v) is 2.78. The minimum Gasteiger partial charge on any atom is -0.449 e. The van der Waals surface area contributed by atoms with Gasteiger partial charge in [-0.05, 0) is 13.8 Å². The number of rotatable bonds is 3. The minimum atomic E-state index is -0.370. The topological polar surface area (TPSA) is 38.3 Å². The van der Waals surface area contributed by atoms with Crippen molar-refractivity contribution in [1.82, 2.24) is 5.32 Å². The third kappa shape index (κ3) is 4.01. The summed E-state index contributed by atoms with van der Waals surface area (Å²) in [6.07, 6.45) is 1.66. The monoisotopic (exact) mass is 171 g/mol. The second kappa shape index (κ2) is 5.63. The van der Waals surface area contributed by atoms with Crippen molar-refractivity contribution in [3.8, 4) is 0 Å². The number of carbonyl (C=O) groups excluding carboxylic acids is 1. The van der Waals surface area contributed by atoms with E-state index in [1.807, 2.05) is 26.8 Å². The molecule has 0 saturated heterocycles. The Balaban J connectivity index is 3.71. The van der Waals surface area contributed by atoms with Crippen LogP contribution in [0.4, 0.5) is 4.79 Å². The van der Waals surface area contributed by atoms with Crippen molar-refractivity contribution < 1.29 is 9.53 Å². The molecule has 0 radical (unpaired) electrons. The number of hydrogen-bond acceptors (Lipinski definition) is 2. The van der Waals surface area contributed by atoms with Crippen molar-refractivity contribution in [2.45, 2.75) is 20.8 Å². The molecule has 70 valence electrons. The maximum Gasteiger partial charge on any atom is 0.406 e. The summed E-state index contributed by atoms with van der Waals surface area (Å²) in [6, 6.07) is 0. The zero-order valence-electron chi connectivity index (χ0n) is 8.18. The van der Waals surface area contributed by atoms with Gasteiger partial charge in [-0.15, -0.1) is 0 Å². The van der Waals surface area contributed by atoms with Gasteiger partial charge >= 0.3 is 6.09 Å². The average molecular weight is 171 g/mol. The first-order chi connectivity index (χ1) is 5.61. The Morgan fingerprint density at radius 1 is 1.67 bits per heavy atom. The first kappa shape index (κ1) is 11.0. The zero-order valence-corrected chi connectivity index (χ0v) is 8.18. The number of nitrogens with one attached hydrogen (secondary N) is 1. The molecule has 12 heavy (non-hydrogen) atoms. The highest BCUT2D eigenvalue weighted by molar-refractivity contribution is 5.66. The molecule has 0 heterocycles. The maximum atomic E-state index is 10.7. The second-order valence-electron chi connectivity index (χ2n) is 2.78. The highest BCUT2D eigenvalue weighted by atomic mass is 16.5. The molecule has 1 amide bonds. The van der Waals surface area contributed by atoms with E-state index < -0.39 is 0 Å². The van der Waals surface area contributed by atoms with Gasteiger partial charge < -0.3 is 10.1 Å². The van der Waals surface area contributed by atoms with Gasteiger partial charge in [-0.25, -0.2) is 4.79 Å². The van der Waals surface area contributed by atoms with Crippen molar-refractivity contribution in [2.24, 2.45) is 5.92 Å². The standard InChI is InChI=1S/C9H17NO2/c1-5-7(2)8(3)6-12-9(11)10-4/h5,8H,6H2,1-4H3,(H,10,11)/b7-5+. The molecule has 1 unspecified atom stereocenters. The Hall–Kier alpha value is -0.990. The molecule has 0 aromatic heterocycles. The Morgan fingerprint density at radius 2 is 2.25 bits per heavy atom. The predicted octanol–water partition coefficient (Wildman–Crippen LogP) is 1.94. The van der Waals surface area contributed by atoms with Gasteiger partial charge in [0.1, 0.15) is 0 Å². The van der Waals surface area contributed by atoms with E-state index in [-0.39, 0.29) is 6.09 Å². The summed E-state index contributed by atoms with van der Waals surface area (Å²) in [7, 11) is 1.55. The summed E-state index contributed by atoms with van der Waals surface area (Å²) in [6.45, 7) is 6.47. The molecular formula is C9H17NO2.